The highest BCUT2D eigenvalue weighted by molar-refractivity contribution is 7.90. The Labute approximate surface area is 188 Å². The fourth-order valence-electron chi connectivity index (χ4n) is 4.44. The zero-order valence-corrected chi connectivity index (χ0v) is 19.2. The summed E-state index contributed by atoms with van der Waals surface area (Å²) in [5.74, 6) is -0.135. The number of carbonyl (C=O) groups excluding carboxylic acids is 1. The molecule has 5 nitrogen and oxygen atoms in total. The van der Waals surface area contributed by atoms with E-state index in [2.05, 4.69) is 0 Å². The molecular formula is C24H27ClN2O3S. The Kier molecular flexibility index (Phi) is 6.39. The molecule has 1 heterocycles. The second-order valence-electron chi connectivity index (χ2n) is 8.32. The third-order valence-electron chi connectivity index (χ3n) is 6.15. The van der Waals surface area contributed by atoms with E-state index >= 15 is 0 Å². The summed E-state index contributed by atoms with van der Waals surface area (Å²) in [5.41, 5.74) is 1.38. The maximum absolute atomic E-state index is 13.3. The van der Waals surface area contributed by atoms with Gasteiger partial charge in [-0.2, -0.15) is 0 Å². The third kappa shape index (κ3) is 4.80. The molecule has 0 unspecified atom stereocenters. The minimum Gasteiger partial charge on any atom is -0.341 e. The van der Waals surface area contributed by atoms with Gasteiger partial charge < -0.3 is 9.47 Å². The van der Waals surface area contributed by atoms with Crippen molar-refractivity contribution >= 4 is 38.2 Å². The van der Waals surface area contributed by atoms with Crippen LogP contribution in [0.4, 0.5) is 0 Å². The maximum atomic E-state index is 13.3. The van der Waals surface area contributed by atoms with Crippen LogP contribution in [0.5, 0.6) is 0 Å². The number of para-hydroxylation sites is 1. The average molecular weight is 459 g/mol. The Morgan fingerprint density at radius 1 is 1.10 bits per heavy atom. The van der Waals surface area contributed by atoms with Crippen molar-refractivity contribution in [3.05, 3.63) is 65.3 Å². The third-order valence-corrected chi connectivity index (χ3v) is 8.10. The van der Waals surface area contributed by atoms with Crippen LogP contribution in [-0.4, -0.2) is 36.9 Å². The first kappa shape index (κ1) is 21.9. The lowest BCUT2D eigenvalue weighted by molar-refractivity contribution is -0.133. The minimum absolute atomic E-state index is 0.00597. The maximum Gasteiger partial charge on any atom is 0.242 e. The summed E-state index contributed by atoms with van der Waals surface area (Å²) in [5, 5.41) is 1.14. The van der Waals surface area contributed by atoms with Crippen LogP contribution in [0.1, 0.15) is 37.7 Å². The van der Waals surface area contributed by atoms with Crippen molar-refractivity contribution in [3.8, 4) is 0 Å². The fourth-order valence-corrected chi connectivity index (χ4v) is 6.23. The SMILES string of the molecule is CN(C(=O)Cn1cc(S(=O)(=O)Cc2cccc(Cl)c2)c2ccccc21)C1CCCCC1. The van der Waals surface area contributed by atoms with Crippen LogP contribution in [0.15, 0.2) is 59.6 Å². The van der Waals surface area contributed by atoms with Gasteiger partial charge >= 0.3 is 0 Å². The molecule has 7 heteroatoms. The minimum atomic E-state index is -3.62. The Morgan fingerprint density at radius 2 is 1.84 bits per heavy atom. The molecule has 0 atom stereocenters. The van der Waals surface area contributed by atoms with E-state index in [4.69, 9.17) is 11.6 Å². The van der Waals surface area contributed by atoms with Crippen LogP contribution < -0.4 is 0 Å². The molecule has 0 bridgehead atoms. The molecule has 4 rings (SSSR count). The van der Waals surface area contributed by atoms with Crippen LogP contribution in [0, 0.1) is 0 Å². The number of amides is 1. The number of aromatic nitrogens is 1. The topological polar surface area (TPSA) is 59.4 Å². The van der Waals surface area contributed by atoms with E-state index in [9.17, 15) is 13.2 Å². The van der Waals surface area contributed by atoms with E-state index in [0.29, 0.717) is 16.0 Å². The number of rotatable bonds is 6. The first-order chi connectivity index (χ1) is 14.8. The molecule has 0 radical (unpaired) electrons. The number of halogens is 1. The van der Waals surface area contributed by atoms with Crippen LogP contribution in [-0.2, 0) is 26.9 Å². The molecule has 31 heavy (non-hydrogen) atoms. The molecule has 0 spiro atoms. The number of hydrogen-bond acceptors (Lipinski definition) is 3. The molecule has 0 aliphatic heterocycles. The smallest absolute Gasteiger partial charge is 0.242 e. The van der Waals surface area contributed by atoms with E-state index in [1.807, 2.05) is 30.1 Å². The Balaban J connectivity index is 1.63. The van der Waals surface area contributed by atoms with Crippen molar-refractivity contribution in [1.29, 1.82) is 0 Å². The van der Waals surface area contributed by atoms with E-state index in [1.54, 1.807) is 41.1 Å². The predicted octanol–water partition coefficient (Wildman–Crippen LogP) is 5.06. The van der Waals surface area contributed by atoms with E-state index in [1.165, 1.54) is 6.42 Å². The Morgan fingerprint density at radius 3 is 2.58 bits per heavy atom. The van der Waals surface area contributed by atoms with Crippen molar-refractivity contribution in [2.45, 2.75) is 55.3 Å². The molecular weight excluding hydrogens is 432 g/mol. The summed E-state index contributed by atoms with van der Waals surface area (Å²) >= 11 is 6.03. The number of fused-ring (bicyclic) bond motifs is 1. The average Bonchev–Trinajstić information content (AvgIpc) is 3.13. The van der Waals surface area contributed by atoms with Crippen LogP contribution in [0.2, 0.25) is 5.02 Å². The van der Waals surface area contributed by atoms with Gasteiger partial charge in [0.15, 0.2) is 9.84 Å². The Bertz CT molecular complexity index is 1200. The van der Waals surface area contributed by atoms with E-state index in [0.717, 1.165) is 31.2 Å². The van der Waals surface area contributed by atoms with Gasteiger partial charge in [-0.25, -0.2) is 8.42 Å². The van der Waals surface area contributed by atoms with Gasteiger partial charge in [-0.05, 0) is 36.6 Å². The molecule has 0 saturated heterocycles. The fraction of sp³-hybridized carbons (Fsp3) is 0.375. The summed E-state index contributed by atoms with van der Waals surface area (Å²) in [6.07, 6.45) is 7.22. The molecule has 0 N–H and O–H groups in total. The Hall–Kier alpha value is -2.31. The van der Waals surface area contributed by atoms with Crippen molar-refractivity contribution in [1.82, 2.24) is 9.47 Å². The molecule has 1 aliphatic carbocycles. The van der Waals surface area contributed by atoms with Gasteiger partial charge in [-0.3, -0.25) is 4.79 Å². The van der Waals surface area contributed by atoms with Gasteiger partial charge in [-0.1, -0.05) is 61.2 Å². The van der Waals surface area contributed by atoms with Crippen molar-refractivity contribution in [3.63, 3.8) is 0 Å². The van der Waals surface area contributed by atoms with Crippen LogP contribution in [0.3, 0.4) is 0 Å². The molecule has 3 aromatic rings. The van der Waals surface area contributed by atoms with Gasteiger partial charge in [0.2, 0.25) is 5.91 Å². The summed E-state index contributed by atoms with van der Waals surface area (Å²) in [6.45, 7) is 0.125. The lowest BCUT2D eigenvalue weighted by Gasteiger charge is -2.31. The lowest BCUT2D eigenvalue weighted by Crippen LogP contribution is -2.40. The molecule has 1 fully saturated rings. The molecule has 1 aliphatic rings. The summed E-state index contributed by atoms with van der Waals surface area (Å²) < 4.78 is 28.3. The van der Waals surface area contributed by atoms with Gasteiger partial charge in [0.05, 0.1) is 10.6 Å². The summed E-state index contributed by atoms with van der Waals surface area (Å²) in [6, 6.07) is 14.5. The molecule has 164 valence electrons. The van der Waals surface area contributed by atoms with Crippen molar-refractivity contribution < 1.29 is 13.2 Å². The highest BCUT2D eigenvalue weighted by Gasteiger charge is 2.25. The largest absolute Gasteiger partial charge is 0.341 e. The lowest BCUT2D eigenvalue weighted by atomic mass is 9.94. The second kappa shape index (κ2) is 9.05. The van der Waals surface area contributed by atoms with E-state index in [-0.39, 0.29) is 29.1 Å². The number of likely N-dealkylation sites (N-methyl/N-ethyl adjacent to an activating group) is 1. The van der Waals surface area contributed by atoms with Gasteiger partial charge in [0, 0.05) is 35.2 Å². The van der Waals surface area contributed by atoms with Gasteiger partial charge in [0.25, 0.3) is 0 Å². The quantitative estimate of drug-likeness (QED) is 0.518. The molecule has 1 saturated carbocycles. The standard InChI is InChI=1S/C24H27ClN2O3S/c1-26(20-10-3-2-4-11-20)24(28)16-27-15-23(21-12-5-6-13-22(21)27)31(29,30)17-18-8-7-9-19(25)14-18/h5-9,12-15,20H,2-4,10-11,16-17H2,1H3. The van der Waals surface area contributed by atoms with E-state index < -0.39 is 9.84 Å². The monoisotopic (exact) mass is 458 g/mol. The summed E-state index contributed by atoms with van der Waals surface area (Å²) in [7, 11) is -1.75. The second-order valence-corrected chi connectivity index (χ2v) is 10.7. The number of hydrogen-bond donors (Lipinski definition) is 0. The van der Waals surface area contributed by atoms with Gasteiger partial charge in [0.1, 0.15) is 6.54 Å². The van der Waals surface area contributed by atoms with Crippen molar-refractivity contribution in [2.24, 2.45) is 0 Å². The first-order valence-corrected chi connectivity index (χ1v) is 12.7. The zero-order valence-electron chi connectivity index (χ0n) is 17.6. The zero-order chi connectivity index (χ0) is 22.0. The molecule has 1 amide bonds. The molecule has 2 aromatic carbocycles. The number of sulfone groups is 1. The van der Waals surface area contributed by atoms with Crippen LogP contribution in [0.25, 0.3) is 10.9 Å². The summed E-state index contributed by atoms with van der Waals surface area (Å²) in [4.78, 5) is 15.1. The molecule has 1 aromatic heterocycles. The van der Waals surface area contributed by atoms with Crippen molar-refractivity contribution in [2.75, 3.05) is 7.05 Å². The number of carbonyl (C=O) groups is 1. The van der Waals surface area contributed by atoms with Crippen LogP contribution >= 0.6 is 11.6 Å². The predicted molar refractivity (Wildman–Crippen MR) is 124 cm³/mol. The number of benzene rings is 2. The highest BCUT2D eigenvalue weighted by atomic mass is 35.5. The number of nitrogens with zero attached hydrogens (tertiary/aromatic N) is 2. The first-order valence-electron chi connectivity index (χ1n) is 10.7. The van der Waals surface area contributed by atoms with Gasteiger partial charge in [-0.15, -0.1) is 0 Å². The highest BCUT2D eigenvalue weighted by Crippen LogP contribution is 2.29. The normalized spacial score (nSPS) is 15.3.